The fraction of sp³-hybridized carbons (Fsp3) is 0. The third-order valence-electron chi connectivity index (χ3n) is 19.9. The molecule has 0 aromatic heterocycles. The Balaban J connectivity index is 0.999. The van der Waals surface area contributed by atoms with Gasteiger partial charge in [0.1, 0.15) is 0 Å². The highest BCUT2D eigenvalue weighted by Gasteiger charge is 2.48. The number of anilines is 9. The molecule has 96 heavy (non-hydrogen) atoms. The van der Waals surface area contributed by atoms with E-state index in [0.29, 0.717) is 0 Å². The normalized spacial score (nSPS) is 12.3. The van der Waals surface area contributed by atoms with Gasteiger partial charge in [0.15, 0.2) is 16.1 Å². The number of hydrogen-bond acceptors (Lipinski definition) is 3. The van der Waals surface area contributed by atoms with Gasteiger partial charge in [-0.05, 0) is 153 Å². The zero-order chi connectivity index (χ0) is 63.8. The molecule has 15 aromatic carbocycles. The lowest BCUT2D eigenvalue weighted by Gasteiger charge is -2.46. The van der Waals surface area contributed by atoms with Gasteiger partial charge >= 0.3 is 0 Å². The van der Waals surface area contributed by atoms with E-state index in [1.165, 1.54) is 69.0 Å². The summed E-state index contributed by atoms with van der Waals surface area (Å²) in [4.78, 5) is 7.65. The predicted octanol–water partition coefficient (Wildman–Crippen LogP) is 15.3. The number of benzene rings is 15. The van der Waals surface area contributed by atoms with E-state index < -0.39 is 16.1 Å². The average molecular weight is 1260 g/mol. The SMILES string of the molecule is c1ccc(-c2cccc(N3c4cc(-c5ccccc5)ccc4B4c5cc([Si](c6ccccc6)(c6ccccc6)c6ccccc6)ccc5N(c5ccc([Si](c6ccccc6)(c6ccccc6)c6ccccc6)cc5)c5cc(N(c6ccccc6)c6ccccc6)cc3c54)c2)cc1. The Morgan fingerprint density at radius 2 is 0.562 bits per heavy atom. The number of rotatable bonds is 15. The predicted molar refractivity (Wildman–Crippen MR) is 413 cm³/mol. The van der Waals surface area contributed by atoms with E-state index in [-0.39, 0.29) is 6.71 Å². The van der Waals surface area contributed by atoms with E-state index in [4.69, 9.17) is 0 Å². The lowest BCUT2D eigenvalue weighted by Crippen LogP contribution is -2.75. The second kappa shape index (κ2) is 24.9. The first-order valence-corrected chi connectivity index (χ1v) is 37.3. The summed E-state index contributed by atoms with van der Waals surface area (Å²) in [7, 11) is -6.02. The molecule has 0 atom stereocenters. The maximum atomic E-state index is 2.65. The number of hydrogen-bond donors (Lipinski definition) is 0. The molecule has 0 saturated carbocycles. The first-order chi connectivity index (χ1) is 47.6. The van der Waals surface area contributed by atoms with Crippen LogP contribution in [0.3, 0.4) is 0 Å². The summed E-state index contributed by atoms with van der Waals surface area (Å²) in [5.74, 6) is 0. The van der Waals surface area contributed by atoms with Crippen LogP contribution in [0.15, 0.2) is 400 Å². The van der Waals surface area contributed by atoms with Gasteiger partial charge in [-0.15, -0.1) is 0 Å². The van der Waals surface area contributed by atoms with Crippen molar-refractivity contribution in [2.24, 2.45) is 0 Å². The van der Waals surface area contributed by atoms with Crippen LogP contribution in [0.2, 0.25) is 0 Å². The smallest absolute Gasteiger partial charge is 0.252 e. The maximum Gasteiger partial charge on any atom is 0.252 e. The van der Waals surface area contributed by atoms with Gasteiger partial charge in [0.05, 0.1) is 5.69 Å². The van der Waals surface area contributed by atoms with Gasteiger partial charge in [0.2, 0.25) is 0 Å². The van der Waals surface area contributed by atoms with Crippen molar-refractivity contribution in [2.45, 2.75) is 0 Å². The van der Waals surface area contributed by atoms with Crippen LogP contribution < -0.4 is 72.6 Å². The van der Waals surface area contributed by atoms with Gasteiger partial charge in [-0.1, -0.05) is 328 Å². The second-order valence-corrected chi connectivity index (χ2v) is 32.7. The summed E-state index contributed by atoms with van der Waals surface area (Å²) >= 11 is 0. The van der Waals surface area contributed by atoms with Crippen molar-refractivity contribution in [3.8, 4) is 22.3 Å². The van der Waals surface area contributed by atoms with Crippen molar-refractivity contribution >= 4 is 132 Å². The summed E-state index contributed by atoms with van der Waals surface area (Å²) in [5, 5.41) is 10.7. The zero-order valence-corrected chi connectivity index (χ0v) is 55.0. The Kier molecular flexibility index (Phi) is 15.1. The molecular weight excluding hydrogens is 1190 g/mol. The van der Waals surface area contributed by atoms with Gasteiger partial charge in [0, 0.05) is 45.5 Å². The highest BCUT2D eigenvalue weighted by molar-refractivity contribution is 7.20. The van der Waals surface area contributed by atoms with Crippen molar-refractivity contribution < 1.29 is 0 Å². The minimum atomic E-state index is -3.09. The first kappa shape index (κ1) is 58.1. The van der Waals surface area contributed by atoms with Crippen LogP contribution in [-0.2, 0) is 0 Å². The summed E-state index contributed by atoms with van der Waals surface area (Å²) in [6, 6.07) is 150. The summed E-state index contributed by atoms with van der Waals surface area (Å²) < 4.78 is 0. The Labute approximate surface area is 565 Å². The minimum Gasteiger partial charge on any atom is -0.311 e. The van der Waals surface area contributed by atoms with Crippen molar-refractivity contribution in [1.82, 2.24) is 0 Å². The molecule has 0 bridgehead atoms. The van der Waals surface area contributed by atoms with Crippen molar-refractivity contribution in [3.05, 3.63) is 400 Å². The van der Waals surface area contributed by atoms with E-state index >= 15 is 0 Å². The molecular formula is C90H66BN3Si2. The summed E-state index contributed by atoms with van der Waals surface area (Å²) in [6.07, 6.45) is 0. The van der Waals surface area contributed by atoms with Crippen LogP contribution in [0.1, 0.15) is 0 Å². The minimum absolute atomic E-state index is 0.215. The molecule has 452 valence electrons. The molecule has 6 heteroatoms. The van der Waals surface area contributed by atoms with E-state index in [1.807, 2.05) is 0 Å². The fourth-order valence-corrected chi connectivity index (χ4v) is 25.3. The van der Waals surface area contributed by atoms with Gasteiger partial charge in [-0.2, -0.15) is 0 Å². The standard InChI is InChI=1S/C90H66BN3Si2/c1-11-32-67(33-12-1)69-36-31-41-74(62-69)94-87-63-70(68-34-13-2-14-35-68)54-60-84(87)91-85-66-83(96(79-48-25-8-26-49-79,80-50-27-9-28-51-80)81-52-29-10-30-53-81)59-61-86(85)93(88-64-75(65-89(94)90(88)91)92(71-37-15-3-16-38-71)72-39-17-4-18-40-72)73-55-57-82(58-56-73)95(76-42-19-5-20-43-76,77-44-21-6-22-45-77)78-46-23-7-24-47-78/h1-66H. The third-order valence-corrected chi connectivity index (χ3v) is 29.5. The molecule has 0 fully saturated rings. The van der Waals surface area contributed by atoms with Gasteiger partial charge in [0.25, 0.3) is 6.71 Å². The Morgan fingerprint density at radius 3 is 1.00 bits per heavy atom. The molecule has 0 unspecified atom stereocenters. The second-order valence-electron chi connectivity index (χ2n) is 25.1. The molecule has 0 amide bonds. The van der Waals surface area contributed by atoms with E-state index in [0.717, 1.165) is 62.3 Å². The fourth-order valence-electron chi connectivity index (χ4n) is 15.8. The molecule has 0 N–H and O–H groups in total. The van der Waals surface area contributed by atoms with Crippen LogP contribution in [0.4, 0.5) is 51.2 Å². The van der Waals surface area contributed by atoms with Crippen molar-refractivity contribution in [1.29, 1.82) is 0 Å². The van der Waals surface area contributed by atoms with Crippen molar-refractivity contribution in [2.75, 3.05) is 14.7 Å². The zero-order valence-electron chi connectivity index (χ0n) is 53.0. The summed E-state index contributed by atoms with van der Waals surface area (Å²) in [6.45, 7) is -0.215. The number of fused-ring (bicyclic) bond motifs is 4. The Bertz CT molecular complexity index is 4980. The lowest BCUT2D eigenvalue weighted by molar-refractivity contribution is 1.23. The molecule has 17 rings (SSSR count). The third kappa shape index (κ3) is 9.88. The highest BCUT2D eigenvalue weighted by atomic mass is 28.3. The monoisotopic (exact) mass is 1260 g/mol. The topological polar surface area (TPSA) is 9.72 Å². The van der Waals surface area contributed by atoms with E-state index in [9.17, 15) is 0 Å². The van der Waals surface area contributed by atoms with Crippen LogP contribution >= 0.6 is 0 Å². The molecule has 0 aliphatic carbocycles. The average Bonchev–Trinajstić information content (AvgIpc) is 0.701. The van der Waals surface area contributed by atoms with Crippen LogP contribution in [0, 0.1) is 0 Å². The largest absolute Gasteiger partial charge is 0.311 e. The first-order valence-electron chi connectivity index (χ1n) is 33.3. The molecule has 0 spiro atoms. The van der Waals surface area contributed by atoms with Crippen LogP contribution in [0.5, 0.6) is 0 Å². The lowest BCUT2D eigenvalue weighted by atomic mass is 9.33. The van der Waals surface area contributed by atoms with E-state index in [1.54, 1.807) is 0 Å². The number of para-hydroxylation sites is 2. The number of nitrogens with zero attached hydrogens (tertiary/aromatic N) is 3. The molecule has 0 saturated heterocycles. The van der Waals surface area contributed by atoms with Crippen molar-refractivity contribution in [3.63, 3.8) is 0 Å². The molecule has 3 nitrogen and oxygen atoms in total. The molecule has 2 aliphatic rings. The van der Waals surface area contributed by atoms with Gasteiger partial charge in [-0.25, -0.2) is 0 Å². The molecule has 2 aliphatic heterocycles. The molecule has 2 heterocycles. The quantitative estimate of drug-likeness (QED) is 0.0748. The van der Waals surface area contributed by atoms with Crippen LogP contribution in [0.25, 0.3) is 22.3 Å². The highest BCUT2D eigenvalue weighted by Crippen LogP contribution is 2.49. The van der Waals surface area contributed by atoms with E-state index in [2.05, 4.69) is 415 Å². The summed E-state index contributed by atoms with van der Waals surface area (Å²) in [5.41, 5.74) is 18.2. The van der Waals surface area contributed by atoms with Gasteiger partial charge in [-0.3, -0.25) is 0 Å². The Hall–Kier alpha value is -11.8. The Morgan fingerprint density at radius 1 is 0.208 bits per heavy atom. The molecule has 15 aromatic rings. The maximum absolute atomic E-state index is 3.09. The van der Waals surface area contributed by atoms with Crippen LogP contribution in [-0.4, -0.2) is 22.9 Å². The van der Waals surface area contributed by atoms with Gasteiger partial charge < -0.3 is 14.7 Å². The molecule has 0 radical (unpaired) electrons.